The van der Waals surface area contributed by atoms with Gasteiger partial charge in [-0.05, 0) is 25.0 Å². The summed E-state index contributed by atoms with van der Waals surface area (Å²) >= 11 is 6.25. The number of amides is 1. The third-order valence-corrected chi connectivity index (χ3v) is 4.40. The molecule has 9 nitrogen and oxygen atoms in total. The van der Waals surface area contributed by atoms with Gasteiger partial charge in [0, 0.05) is 18.0 Å². The molecule has 0 radical (unpaired) electrons. The average molecular weight is 395 g/mol. The summed E-state index contributed by atoms with van der Waals surface area (Å²) in [7, 11) is 0. The molecule has 0 atom stereocenters. The summed E-state index contributed by atoms with van der Waals surface area (Å²) in [4.78, 5) is 24.6. The Morgan fingerprint density at radius 1 is 1.29 bits per heavy atom. The first-order valence-electron chi connectivity index (χ1n) is 8.59. The smallest absolute Gasteiger partial charge is 0.270 e. The second-order valence-corrected chi connectivity index (χ2v) is 6.64. The largest absolute Gasteiger partial charge is 0.338 e. The second-order valence-electron chi connectivity index (χ2n) is 6.23. The van der Waals surface area contributed by atoms with Crippen molar-refractivity contribution in [2.45, 2.75) is 18.9 Å². The van der Waals surface area contributed by atoms with E-state index in [0.29, 0.717) is 28.3 Å². The zero-order chi connectivity index (χ0) is 19.5. The van der Waals surface area contributed by atoms with Crippen LogP contribution >= 0.6 is 11.6 Å². The van der Waals surface area contributed by atoms with Crippen molar-refractivity contribution < 1.29 is 4.79 Å². The van der Waals surface area contributed by atoms with Crippen LogP contribution in [0.2, 0.25) is 5.02 Å². The maximum atomic E-state index is 11.8. The normalized spacial score (nSPS) is 13.0. The van der Waals surface area contributed by atoms with E-state index >= 15 is 0 Å². The van der Waals surface area contributed by atoms with Gasteiger partial charge >= 0.3 is 0 Å². The first kappa shape index (κ1) is 17.9. The number of nitriles is 1. The maximum Gasteiger partial charge on any atom is 0.270 e. The lowest BCUT2D eigenvalue weighted by molar-refractivity contribution is 0.0953. The quantitative estimate of drug-likeness (QED) is 0.616. The predicted octanol–water partition coefficient (Wildman–Crippen LogP) is 2.72. The highest BCUT2D eigenvalue weighted by molar-refractivity contribution is 6.32. The summed E-state index contributed by atoms with van der Waals surface area (Å²) < 4.78 is 1.93. The summed E-state index contributed by atoms with van der Waals surface area (Å²) in [5, 5.41) is 18.8. The number of nitrogens with zero attached hydrogens (tertiary/aromatic N) is 6. The number of hydrogen-bond acceptors (Lipinski definition) is 7. The zero-order valence-electron chi connectivity index (χ0n) is 14.6. The number of anilines is 2. The number of hydrogen-bond donors (Lipinski definition) is 2. The molecule has 0 aliphatic heterocycles. The molecular formula is C18H15ClN8O. The molecule has 28 heavy (non-hydrogen) atoms. The minimum Gasteiger partial charge on any atom is -0.338 e. The van der Waals surface area contributed by atoms with Gasteiger partial charge in [-0.15, -0.1) is 0 Å². The van der Waals surface area contributed by atoms with Crippen LogP contribution in [0.1, 0.15) is 29.4 Å². The summed E-state index contributed by atoms with van der Waals surface area (Å²) in [6, 6.07) is 5.58. The van der Waals surface area contributed by atoms with Crippen LogP contribution in [-0.4, -0.2) is 37.2 Å². The van der Waals surface area contributed by atoms with Crippen molar-refractivity contribution in [2.24, 2.45) is 0 Å². The number of rotatable bonds is 6. The van der Waals surface area contributed by atoms with E-state index in [2.05, 4.69) is 30.7 Å². The van der Waals surface area contributed by atoms with Crippen molar-refractivity contribution >= 4 is 29.1 Å². The summed E-state index contributed by atoms with van der Waals surface area (Å²) in [5.41, 5.74) is 2.13. The first-order valence-corrected chi connectivity index (χ1v) is 8.97. The minimum atomic E-state index is -0.420. The molecule has 0 saturated heterocycles. The molecule has 0 unspecified atom stereocenters. The summed E-state index contributed by atoms with van der Waals surface area (Å²) in [6.45, 7) is -0.0770. The molecule has 2 N–H and O–H groups in total. The fourth-order valence-corrected chi connectivity index (χ4v) is 2.78. The van der Waals surface area contributed by atoms with Gasteiger partial charge in [-0.1, -0.05) is 11.6 Å². The molecule has 10 heteroatoms. The minimum absolute atomic E-state index is 0.0770. The SMILES string of the molecule is N#CCNC(=O)c1ccc(-c2nc(Nc3cnn(C4CC4)c3)ncc2Cl)cn1. The van der Waals surface area contributed by atoms with Crippen LogP contribution in [-0.2, 0) is 0 Å². The van der Waals surface area contributed by atoms with Gasteiger partial charge in [0.15, 0.2) is 0 Å². The van der Waals surface area contributed by atoms with Crippen LogP contribution in [0.4, 0.5) is 11.6 Å². The van der Waals surface area contributed by atoms with Crippen LogP contribution in [0.3, 0.4) is 0 Å². The fourth-order valence-electron chi connectivity index (χ4n) is 2.58. The molecular weight excluding hydrogens is 380 g/mol. The van der Waals surface area contributed by atoms with Gasteiger partial charge in [-0.3, -0.25) is 14.5 Å². The van der Waals surface area contributed by atoms with E-state index in [1.54, 1.807) is 18.3 Å². The molecule has 3 heterocycles. The predicted molar refractivity (Wildman–Crippen MR) is 102 cm³/mol. The van der Waals surface area contributed by atoms with E-state index in [0.717, 1.165) is 18.5 Å². The molecule has 0 bridgehead atoms. The molecule has 1 aliphatic carbocycles. The Bertz CT molecular complexity index is 1050. The van der Waals surface area contributed by atoms with Crippen LogP contribution in [0, 0.1) is 11.3 Å². The van der Waals surface area contributed by atoms with Crippen molar-refractivity contribution in [1.82, 2.24) is 30.0 Å². The molecule has 0 aromatic carbocycles. The molecule has 1 amide bonds. The highest BCUT2D eigenvalue weighted by Gasteiger charge is 2.24. The Labute approximate surface area is 165 Å². The highest BCUT2D eigenvalue weighted by atomic mass is 35.5. The Morgan fingerprint density at radius 3 is 2.86 bits per heavy atom. The van der Waals surface area contributed by atoms with Crippen molar-refractivity contribution in [3.05, 3.63) is 47.6 Å². The highest BCUT2D eigenvalue weighted by Crippen LogP contribution is 2.35. The number of aromatic nitrogens is 5. The number of carbonyl (C=O) groups is 1. The van der Waals surface area contributed by atoms with Crippen LogP contribution in [0.5, 0.6) is 0 Å². The average Bonchev–Trinajstić information content (AvgIpc) is 3.47. The van der Waals surface area contributed by atoms with Gasteiger partial charge in [-0.2, -0.15) is 10.4 Å². The lowest BCUT2D eigenvalue weighted by atomic mass is 10.2. The third-order valence-electron chi connectivity index (χ3n) is 4.12. The van der Waals surface area contributed by atoms with Gasteiger partial charge in [0.2, 0.25) is 5.95 Å². The van der Waals surface area contributed by atoms with Crippen molar-refractivity contribution in [3.8, 4) is 17.3 Å². The van der Waals surface area contributed by atoms with E-state index in [9.17, 15) is 4.79 Å². The van der Waals surface area contributed by atoms with Gasteiger partial charge in [0.05, 0.1) is 40.9 Å². The number of pyridine rings is 1. The van der Waals surface area contributed by atoms with Gasteiger partial charge in [-0.25, -0.2) is 9.97 Å². The zero-order valence-corrected chi connectivity index (χ0v) is 15.4. The topological polar surface area (TPSA) is 121 Å². The molecule has 3 aromatic heterocycles. The lowest BCUT2D eigenvalue weighted by Crippen LogP contribution is -2.24. The molecule has 140 valence electrons. The Hall–Kier alpha value is -3.51. The Morgan fingerprint density at radius 2 is 2.14 bits per heavy atom. The molecule has 0 spiro atoms. The van der Waals surface area contributed by atoms with E-state index < -0.39 is 5.91 Å². The lowest BCUT2D eigenvalue weighted by Gasteiger charge is -2.07. The van der Waals surface area contributed by atoms with Crippen LogP contribution in [0.25, 0.3) is 11.3 Å². The number of halogens is 1. The second kappa shape index (κ2) is 7.62. The van der Waals surface area contributed by atoms with Gasteiger partial charge in [0.1, 0.15) is 12.2 Å². The first-order chi connectivity index (χ1) is 13.6. The molecule has 4 rings (SSSR count). The summed E-state index contributed by atoms with van der Waals surface area (Å²) in [5.74, 6) is -0.0394. The molecule has 1 saturated carbocycles. The van der Waals surface area contributed by atoms with Crippen LogP contribution in [0.15, 0.2) is 36.9 Å². The molecule has 3 aromatic rings. The van der Waals surface area contributed by atoms with Crippen molar-refractivity contribution in [3.63, 3.8) is 0 Å². The van der Waals surface area contributed by atoms with E-state index in [-0.39, 0.29) is 12.2 Å². The van der Waals surface area contributed by atoms with Crippen molar-refractivity contribution in [2.75, 3.05) is 11.9 Å². The van der Waals surface area contributed by atoms with E-state index in [1.165, 1.54) is 12.4 Å². The Balaban J connectivity index is 1.53. The fraction of sp³-hybridized carbons (Fsp3) is 0.222. The summed E-state index contributed by atoms with van der Waals surface area (Å²) in [6.07, 6.45) is 8.97. The third kappa shape index (κ3) is 3.92. The van der Waals surface area contributed by atoms with Gasteiger partial charge in [0.25, 0.3) is 5.91 Å². The maximum absolute atomic E-state index is 11.8. The Kier molecular flexibility index (Phi) is 4.87. The standard InChI is InChI=1S/C18H15ClN8O/c19-14-9-23-18(25-12-8-24-27(10-12)13-2-3-13)26-16(14)11-1-4-15(22-7-11)17(28)21-6-5-20/h1,4,7-10,13H,2-3,6H2,(H,21,28)(H,23,25,26). The molecule has 1 fully saturated rings. The monoisotopic (exact) mass is 394 g/mol. The van der Waals surface area contributed by atoms with E-state index in [4.69, 9.17) is 16.9 Å². The van der Waals surface area contributed by atoms with Crippen molar-refractivity contribution in [1.29, 1.82) is 5.26 Å². The molecule has 1 aliphatic rings. The van der Waals surface area contributed by atoms with Crippen LogP contribution < -0.4 is 10.6 Å². The number of carbonyl (C=O) groups excluding carboxylic acids is 1. The van der Waals surface area contributed by atoms with Gasteiger partial charge < -0.3 is 10.6 Å². The number of nitrogens with one attached hydrogen (secondary N) is 2. The van der Waals surface area contributed by atoms with E-state index in [1.807, 2.05) is 16.9 Å².